The van der Waals surface area contributed by atoms with Crippen LogP contribution in [0.15, 0.2) is 12.1 Å². The molecule has 1 aromatic rings. The van der Waals surface area contributed by atoms with Gasteiger partial charge in [-0.3, -0.25) is 9.69 Å². The molecule has 0 saturated carbocycles. The lowest BCUT2D eigenvalue weighted by atomic mass is 9.98. The lowest BCUT2D eigenvalue weighted by Gasteiger charge is -2.45. The number of hydrogen-bond donors (Lipinski definition) is 0. The van der Waals surface area contributed by atoms with Gasteiger partial charge in [0.05, 0.1) is 38.5 Å². The van der Waals surface area contributed by atoms with Crippen LogP contribution in [0.1, 0.15) is 16.8 Å². The van der Waals surface area contributed by atoms with Crippen LogP contribution < -0.4 is 9.47 Å². The Morgan fingerprint density at radius 2 is 1.96 bits per heavy atom. The number of ether oxygens (including phenoxy) is 3. The molecule has 2 saturated heterocycles. The van der Waals surface area contributed by atoms with Gasteiger partial charge >= 0.3 is 0 Å². The smallest absolute Gasteiger partial charge is 0.257 e. The summed E-state index contributed by atoms with van der Waals surface area (Å²) in [5.74, 6) is -0.320. The van der Waals surface area contributed by atoms with Crippen LogP contribution in [-0.2, 0) is 4.74 Å². The summed E-state index contributed by atoms with van der Waals surface area (Å²) in [6.07, 6.45) is 0.901. The van der Waals surface area contributed by atoms with E-state index >= 15 is 0 Å². The van der Waals surface area contributed by atoms with E-state index in [-0.39, 0.29) is 29.4 Å². The average Bonchev–Trinajstić information content (AvgIpc) is 2.61. The molecule has 0 aliphatic carbocycles. The molecule has 0 bridgehead atoms. The Bertz CT molecular complexity index is 625. The number of carbonyl (C=O) groups is 1. The highest BCUT2D eigenvalue weighted by Gasteiger charge is 2.37. The van der Waals surface area contributed by atoms with Gasteiger partial charge in [0.15, 0.2) is 11.5 Å². The van der Waals surface area contributed by atoms with Crippen molar-refractivity contribution in [3.05, 3.63) is 23.5 Å². The largest absolute Gasteiger partial charge is 0.493 e. The number of methoxy groups -OCH3 is 2. The second-order valence-electron chi connectivity index (χ2n) is 6.18. The first-order valence-electron chi connectivity index (χ1n) is 8.07. The number of rotatable bonds is 3. The van der Waals surface area contributed by atoms with Crippen molar-refractivity contribution in [2.75, 3.05) is 47.5 Å². The van der Waals surface area contributed by atoms with Gasteiger partial charge in [0.1, 0.15) is 5.82 Å². The zero-order chi connectivity index (χ0) is 17.3. The molecule has 7 heteroatoms. The molecule has 0 aromatic heterocycles. The standard InChI is InChI=1S/C17H23FN2O4/c1-19-6-7-24-14-4-5-20(10-13(14)19)17(21)11-8-15(22-2)16(23-3)9-12(11)18/h8-9,13-14H,4-7,10H2,1-3H3/t13-,14+/m0/s1. The van der Waals surface area contributed by atoms with E-state index in [1.54, 1.807) is 4.90 Å². The van der Waals surface area contributed by atoms with Crippen molar-refractivity contribution < 1.29 is 23.4 Å². The average molecular weight is 338 g/mol. The van der Waals surface area contributed by atoms with Gasteiger partial charge in [0, 0.05) is 25.7 Å². The van der Waals surface area contributed by atoms with Crippen LogP contribution in [0.2, 0.25) is 0 Å². The molecule has 2 heterocycles. The number of amides is 1. The van der Waals surface area contributed by atoms with Crippen LogP contribution in [0.25, 0.3) is 0 Å². The van der Waals surface area contributed by atoms with Crippen LogP contribution in [0.4, 0.5) is 4.39 Å². The fourth-order valence-corrected chi connectivity index (χ4v) is 3.41. The molecule has 132 valence electrons. The van der Waals surface area contributed by atoms with Gasteiger partial charge in [-0.1, -0.05) is 0 Å². The summed E-state index contributed by atoms with van der Waals surface area (Å²) in [4.78, 5) is 16.7. The molecular weight excluding hydrogens is 315 g/mol. The quantitative estimate of drug-likeness (QED) is 0.834. The summed E-state index contributed by atoms with van der Waals surface area (Å²) in [7, 11) is 4.93. The summed E-state index contributed by atoms with van der Waals surface area (Å²) in [6.45, 7) is 2.65. The van der Waals surface area contributed by atoms with Gasteiger partial charge in [-0.25, -0.2) is 4.39 Å². The molecule has 6 nitrogen and oxygen atoms in total. The number of piperidine rings is 1. The summed E-state index contributed by atoms with van der Waals surface area (Å²) in [5.41, 5.74) is 0.00507. The van der Waals surface area contributed by atoms with Gasteiger partial charge in [-0.2, -0.15) is 0 Å². The summed E-state index contributed by atoms with van der Waals surface area (Å²) < 4.78 is 30.4. The first-order chi connectivity index (χ1) is 11.5. The number of hydrogen-bond acceptors (Lipinski definition) is 5. The van der Waals surface area contributed by atoms with E-state index in [0.717, 1.165) is 19.6 Å². The van der Waals surface area contributed by atoms with Gasteiger partial charge in [-0.15, -0.1) is 0 Å². The maximum Gasteiger partial charge on any atom is 0.257 e. The van der Waals surface area contributed by atoms with Crippen LogP contribution in [0.5, 0.6) is 11.5 Å². The predicted molar refractivity (Wildman–Crippen MR) is 86.2 cm³/mol. The van der Waals surface area contributed by atoms with E-state index in [4.69, 9.17) is 14.2 Å². The Balaban J connectivity index is 1.81. The minimum Gasteiger partial charge on any atom is -0.493 e. The van der Waals surface area contributed by atoms with Gasteiger partial charge in [0.25, 0.3) is 5.91 Å². The Hall–Kier alpha value is -1.86. The molecule has 2 aliphatic rings. The van der Waals surface area contributed by atoms with E-state index in [0.29, 0.717) is 18.8 Å². The maximum atomic E-state index is 14.4. The molecule has 0 unspecified atom stereocenters. The number of fused-ring (bicyclic) bond motifs is 1. The highest BCUT2D eigenvalue weighted by atomic mass is 19.1. The Morgan fingerprint density at radius 1 is 1.25 bits per heavy atom. The Labute approximate surface area is 141 Å². The second kappa shape index (κ2) is 6.94. The maximum absolute atomic E-state index is 14.4. The van der Waals surface area contributed by atoms with Gasteiger partial charge in [0.2, 0.25) is 0 Å². The molecule has 2 atom stereocenters. The topological polar surface area (TPSA) is 51.2 Å². The molecule has 0 N–H and O–H groups in total. The van der Waals surface area contributed by atoms with Crippen LogP contribution in [0, 0.1) is 5.82 Å². The first kappa shape index (κ1) is 17.0. The molecule has 3 rings (SSSR count). The molecular formula is C17H23FN2O4. The van der Waals surface area contributed by atoms with Crippen molar-refractivity contribution >= 4 is 5.91 Å². The third-order valence-corrected chi connectivity index (χ3v) is 4.85. The zero-order valence-electron chi connectivity index (χ0n) is 14.3. The van der Waals surface area contributed by atoms with E-state index in [1.165, 1.54) is 26.4 Å². The van der Waals surface area contributed by atoms with Gasteiger partial charge < -0.3 is 19.1 Å². The van der Waals surface area contributed by atoms with Crippen LogP contribution in [-0.4, -0.2) is 75.4 Å². The van der Waals surface area contributed by atoms with Crippen molar-refractivity contribution in [1.82, 2.24) is 9.80 Å². The lowest BCUT2D eigenvalue weighted by molar-refractivity contribution is -0.0893. The predicted octanol–water partition coefficient (Wildman–Crippen LogP) is 1.39. The summed E-state index contributed by atoms with van der Waals surface area (Å²) in [6, 6.07) is 2.75. The van der Waals surface area contributed by atoms with Crippen molar-refractivity contribution in [2.45, 2.75) is 18.6 Å². The SMILES string of the molecule is COc1cc(F)c(C(=O)N2CC[C@H]3OCCN(C)[C@H]3C2)cc1OC. The van der Waals surface area contributed by atoms with Crippen molar-refractivity contribution in [1.29, 1.82) is 0 Å². The number of likely N-dealkylation sites (N-methyl/N-ethyl adjacent to an activating group) is 1. The molecule has 2 fully saturated rings. The number of likely N-dealkylation sites (tertiary alicyclic amines) is 1. The second-order valence-corrected chi connectivity index (χ2v) is 6.18. The van der Waals surface area contributed by atoms with E-state index < -0.39 is 5.82 Å². The Morgan fingerprint density at radius 3 is 2.67 bits per heavy atom. The lowest BCUT2D eigenvalue weighted by Crippen LogP contribution is -2.59. The third kappa shape index (κ3) is 3.06. The van der Waals surface area contributed by atoms with Crippen molar-refractivity contribution in [3.63, 3.8) is 0 Å². The number of carbonyl (C=O) groups excluding carboxylic acids is 1. The number of benzene rings is 1. The molecule has 2 aliphatic heterocycles. The fourth-order valence-electron chi connectivity index (χ4n) is 3.41. The minimum atomic E-state index is -0.604. The first-order valence-corrected chi connectivity index (χ1v) is 8.07. The van der Waals surface area contributed by atoms with Gasteiger partial charge in [-0.05, 0) is 19.5 Å². The van der Waals surface area contributed by atoms with E-state index in [2.05, 4.69) is 4.90 Å². The molecule has 1 aromatic carbocycles. The zero-order valence-corrected chi connectivity index (χ0v) is 14.3. The number of morpholine rings is 1. The molecule has 1 amide bonds. The van der Waals surface area contributed by atoms with E-state index in [9.17, 15) is 9.18 Å². The van der Waals surface area contributed by atoms with Crippen molar-refractivity contribution in [2.24, 2.45) is 0 Å². The highest BCUT2D eigenvalue weighted by Crippen LogP contribution is 2.31. The summed E-state index contributed by atoms with van der Waals surface area (Å²) in [5, 5.41) is 0. The normalized spacial score (nSPS) is 24.4. The Kier molecular flexibility index (Phi) is 4.91. The van der Waals surface area contributed by atoms with E-state index in [1.807, 2.05) is 7.05 Å². The third-order valence-electron chi connectivity index (χ3n) is 4.85. The minimum absolute atomic E-state index is 0.00507. The molecule has 0 spiro atoms. The number of halogens is 1. The van der Waals surface area contributed by atoms with Crippen LogP contribution >= 0.6 is 0 Å². The number of nitrogens with zero attached hydrogens (tertiary/aromatic N) is 2. The molecule has 24 heavy (non-hydrogen) atoms. The highest BCUT2D eigenvalue weighted by molar-refractivity contribution is 5.95. The van der Waals surface area contributed by atoms with Crippen molar-refractivity contribution in [3.8, 4) is 11.5 Å². The monoisotopic (exact) mass is 338 g/mol. The van der Waals surface area contributed by atoms with Crippen LogP contribution in [0.3, 0.4) is 0 Å². The fraction of sp³-hybridized carbons (Fsp3) is 0.588. The molecule has 0 radical (unpaired) electrons. The summed E-state index contributed by atoms with van der Waals surface area (Å²) >= 11 is 0.